The van der Waals surface area contributed by atoms with Gasteiger partial charge in [-0.05, 0) is 30.6 Å². The molecule has 0 fully saturated rings. The molecule has 0 radical (unpaired) electrons. The number of thiophene rings is 1. The highest BCUT2D eigenvalue weighted by Crippen LogP contribution is 2.18. The van der Waals surface area contributed by atoms with Crippen LogP contribution in [0.4, 0.5) is 5.69 Å². The maximum Gasteiger partial charge on any atom is 0.256 e. The normalized spacial score (nSPS) is 9.83. The second-order valence-electron chi connectivity index (χ2n) is 4.84. The topological polar surface area (TPSA) is 61.4 Å². The summed E-state index contributed by atoms with van der Waals surface area (Å²) in [4.78, 5) is 26.3. The molecule has 0 spiro atoms. The van der Waals surface area contributed by atoms with E-state index in [0.717, 1.165) is 0 Å². The van der Waals surface area contributed by atoms with E-state index in [9.17, 15) is 9.59 Å². The van der Waals surface area contributed by atoms with E-state index in [2.05, 4.69) is 10.6 Å². The van der Waals surface area contributed by atoms with Gasteiger partial charge >= 0.3 is 0 Å². The second kappa shape index (κ2) is 9.29. The van der Waals surface area contributed by atoms with Crippen LogP contribution in [0.25, 0.3) is 0 Å². The van der Waals surface area contributed by atoms with Gasteiger partial charge in [-0.2, -0.15) is 11.3 Å². The molecule has 1 aromatic heterocycles. The van der Waals surface area contributed by atoms with E-state index >= 15 is 0 Å². The lowest BCUT2D eigenvalue weighted by molar-refractivity contribution is 0.0798. The zero-order valence-corrected chi connectivity index (χ0v) is 14.7. The average molecular weight is 354 g/mol. The van der Waals surface area contributed by atoms with E-state index in [1.807, 2.05) is 12.4 Å². The molecule has 23 heavy (non-hydrogen) atoms. The molecule has 0 bridgehead atoms. The summed E-state index contributed by atoms with van der Waals surface area (Å²) in [6.45, 7) is 1.31. The second-order valence-corrected chi connectivity index (χ2v) is 5.62. The molecule has 2 N–H and O–H groups in total. The van der Waals surface area contributed by atoms with Crippen molar-refractivity contribution in [3.63, 3.8) is 0 Å². The molecule has 2 aromatic rings. The zero-order valence-electron chi connectivity index (χ0n) is 13.0. The molecule has 7 heteroatoms. The van der Waals surface area contributed by atoms with Crippen LogP contribution in [0.15, 0.2) is 41.1 Å². The molecular formula is C16H20ClN3O2S. The molecule has 0 atom stereocenters. The highest BCUT2D eigenvalue weighted by Gasteiger charge is 2.17. The first kappa shape index (κ1) is 19.2. The van der Waals surface area contributed by atoms with E-state index in [1.165, 1.54) is 11.3 Å². The average Bonchev–Trinajstić information content (AvgIpc) is 3.07. The van der Waals surface area contributed by atoms with Gasteiger partial charge in [0, 0.05) is 25.5 Å². The number of para-hydroxylation sites is 1. The summed E-state index contributed by atoms with van der Waals surface area (Å²) >= 11 is 1.46. The van der Waals surface area contributed by atoms with Gasteiger partial charge in [-0.3, -0.25) is 9.59 Å². The van der Waals surface area contributed by atoms with Crippen molar-refractivity contribution >= 4 is 41.2 Å². The summed E-state index contributed by atoms with van der Waals surface area (Å²) in [5, 5.41) is 9.44. The number of benzene rings is 1. The lowest BCUT2D eigenvalue weighted by atomic mass is 10.1. The Morgan fingerprint density at radius 1 is 1.22 bits per heavy atom. The standard InChI is InChI=1S/C16H19N3O2S.ClH/c1-17-8-9-19(2)16(21)13-5-3-4-6-14(13)18-15(20)12-7-10-22-11-12;/h3-7,10-11,17H,8-9H2,1-2H3,(H,18,20);1H. The SMILES string of the molecule is CNCCN(C)C(=O)c1ccccc1NC(=O)c1ccsc1.Cl. The Morgan fingerprint density at radius 3 is 2.61 bits per heavy atom. The van der Waals surface area contributed by atoms with Crippen LogP contribution in [0.1, 0.15) is 20.7 Å². The van der Waals surface area contributed by atoms with E-state index in [4.69, 9.17) is 0 Å². The number of anilines is 1. The fraction of sp³-hybridized carbons (Fsp3) is 0.250. The third-order valence-electron chi connectivity index (χ3n) is 3.23. The van der Waals surface area contributed by atoms with Crippen molar-refractivity contribution in [2.45, 2.75) is 0 Å². The lowest BCUT2D eigenvalue weighted by Gasteiger charge is -2.19. The molecule has 1 heterocycles. The van der Waals surface area contributed by atoms with E-state index < -0.39 is 0 Å². The minimum absolute atomic E-state index is 0. The van der Waals surface area contributed by atoms with Gasteiger partial charge in [0.15, 0.2) is 0 Å². The Labute approximate surface area is 146 Å². The van der Waals surface area contributed by atoms with Crippen LogP contribution in [0, 0.1) is 0 Å². The van der Waals surface area contributed by atoms with Crippen LogP contribution in [-0.2, 0) is 0 Å². The van der Waals surface area contributed by atoms with Crippen molar-refractivity contribution < 1.29 is 9.59 Å². The van der Waals surface area contributed by atoms with Gasteiger partial charge in [0.05, 0.1) is 16.8 Å². The first-order chi connectivity index (χ1) is 10.6. The molecule has 0 aliphatic rings. The number of nitrogens with zero attached hydrogens (tertiary/aromatic N) is 1. The van der Waals surface area contributed by atoms with Crippen LogP contribution < -0.4 is 10.6 Å². The van der Waals surface area contributed by atoms with Crippen molar-refractivity contribution in [2.75, 3.05) is 32.5 Å². The van der Waals surface area contributed by atoms with E-state index in [-0.39, 0.29) is 24.2 Å². The molecular weight excluding hydrogens is 334 g/mol. The molecule has 1 aromatic carbocycles. The van der Waals surface area contributed by atoms with Crippen LogP contribution in [-0.4, -0.2) is 43.9 Å². The molecule has 2 rings (SSSR count). The van der Waals surface area contributed by atoms with Crippen LogP contribution in [0.5, 0.6) is 0 Å². The van der Waals surface area contributed by atoms with Crippen LogP contribution in [0.2, 0.25) is 0 Å². The van der Waals surface area contributed by atoms with Crippen molar-refractivity contribution in [2.24, 2.45) is 0 Å². The smallest absolute Gasteiger partial charge is 0.256 e. The maximum absolute atomic E-state index is 12.5. The van der Waals surface area contributed by atoms with Crippen LogP contribution >= 0.6 is 23.7 Å². The number of carbonyl (C=O) groups is 2. The summed E-state index contributed by atoms with van der Waals surface area (Å²) in [6, 6.07) is 8.81. The maximum atomic E-state index is 12.5. The number of nitrogens with one attached hydrogen (secondary N) is 2. The Balaban J connectivity index is 0.00000264. The molecule has 0 unspecified atom stereocenters. The minimum Gasteiger partial charge on any atom is -0.340 e. The molecule has 5 nitrogen and oxygen atoms in total. The minimum atomic E-state index is -0.209. The molecule has 2 amide bonds. The molecule has 124 valence electrons. The summed E-state index contributed by atoms with van der Waals surface area (Å²) in [7, 11) is 3.59. The highest BCUT2D eigenvalue weighted by molar-refractivity contribution is 7.08. The first-order valence-corrected chi connectivity index (χ1v) is 7.90. The van der Waals surface area contributed by atoms with Gasteiger partial charge in [-0.1, -0.05) is 12.1 Å². The van der Waals surface area contributed by atoms with Gasteiger partial charge in [0.1, 0.15) is 0 Å². The van der Waals surface area contributed by atoms with Crippen LogP contribution in [0.3, 0.4) is 0 Å². The number of hydrogen-bond donors (Lipinski definition) is 2. The van der Waals surface area contributed by atoms with Crippen molar-refractivity contribution in [1.29, 1.82) is 0 Å². The van der Waals surface area contributed by atoms with Gasteiger partial charge in [-0.15, -0.1) is 12.4 Å². The Hall–Kier alpha value is -1.89. The fourth-order valence-corrected chi connectivity index (χ4v) is 2.59. The van der Waals surface area contributed by atoms with Crippen molar-refractivity contribution in [3.8, 4) is 0 Å². The van der Waals surface area contributed by atoms with Crippen molar-refractivity contribution in [3.05, 3.63) is 52.2 Å². The van der Waals surface area contributed by atoms with Gasteiger partial charge in [0.25, 0.3) is 11.8 Å². The quantitative estimate of drug-likeness (QED) is 0.839. The molecule has 0 saturated heterocycles. The Bertz CT molecular complexity index is 647. The summed E-state index contributed by atoms with van der Waals surface area (Å²) in [6.07, 6.45) is 0. The number of hydrogen-bond acceptors (Lipinski definition) is 4. The van der Waals surface area contributed by atoms with Gasteiger partial charge in [-0.25, -0.2) is 0 Å². The third-order valence-corrected chi connectivity index (χ3v) is 3.92. The largest absolute Gasteiger partial charge is 0.340 e. The molecule has 0 saturated carbocycles. The Kier molecular flexibility index (Phi) is 7.74. The first-order valence-electron chi connectivity index (χ1n) is 6.96. The van der Waals surface area contributed by atoms with E-state index in [1.54, 1.807) is 47.7 Å². The monoisotopic (exact) mass is 353 g/mol. The van der Waals surface area contributed by atoms with Gasteiger partial charge in [0.2, 0.25) is 0 Å². The number of halogens is 1. The van der Waals surface area contributed by atoms with E-state index in [0.29, 0.717) is 29.9 Å². The van der Waals surface area contributed by atoms with Gasteiger partial charge < -0.3 is 15.5 Å². The number of likely N-dealkylation sites (N-methyl/N-ethyl adjacent to an activating group) is 2. The predicted octanol–water partition coefficient (Wildman–Crippen LogP) is 2.71. The number of rotatable bonds is 6. The summed E-state index contributed by atoms with van der Waals surface area (Å²) in [5.74, 6) is -0.323. The summed E-state index contributed by atoms with van der Waals surface area (Å²) < 4.78 is 0. The lowest BCUT2D eigenvalue weighted by Crippen LogP contribution is -2.33. The fourth-order valence-electron chi connectivity index (χ4n) is 1.95. The third kappa shape index (κ3) is 5.06. The highest BCUT2D eigenvalue weighted by atomic mass is 35.5. The van der Waals surface area contributed by atoms with Crippen molar-refractivity contribution in [1.82, 2.24) is 10.2 Å². The molecule has 0 aliphatic heterocycles. The number of carbonyl (C=O) groups excluding carboxylic acids is 2. The number of amides is 2. The molecule has 0 aliphatic carbocycles. The summed E-state index contributed by atoms with van der Waals surface area (Å²) in [5.41, 5.74) is 1.61. The Morgan fingerprint density at radius 2 is 1.96 bits per heavy atom. The predicted molar refractivity (Wildman–Crippen MR) is 96.8 cm³/mol. The zero-order chi connectivity index (χ0) is 15.9.